The molecular formula is C46H58ClN5O6. The average molecular weight is 812 g/mol. The van der Waals surface area contributed by atoms with E-state index in [-0.39, 0.29) is 48.9 Å². The average Bonchev–Trinajstić information content (AvgIpc) is 3.77. The Hall–Kier alpha value is -4.45. The van der Waals surface area contributed by atoms with Gasteiger partial charge in [0.1, 0.15) is 18.2 Å². The van der Waals surface area contributed by atoms with Gasteiger partial charge in [-0.2, -0.15) is 0 Å². The van der Waals surface area contributed by atoms with E-state index in [1.165, 1.54) is 11.3 Å². The van der Waals surface area contributed by atoms with Crippen LogP contribution in [0.15, 0.2) is 72.8 Å². The van der Waals surface area contributed by atoms with Crippen molar-refractivity contribution >= 4 is 35.5 Å². The number of benzene rings is 3. The highest BCUT2D eigenvalue weighted by atomic mass is 35.5. The third kappa shape index (κ3) is 9.37. The summed E-state index contributed by atoms with van der Waals surface area (Å²) in [6, 6.07) is 21.5. The molecule has 2 saturated heterocycles. The lowest BCUT2D eigenvalue weighted by atomic mass is 9.92. The quantitative estimate of drug-likeness (QED) is 0.186. The first-order valence-electron chi connectivity index (χ1n) is 21.0. The smallest absolute Gasteiger partial charge is 0.411 e. The van der Waals surface area contributed by atoms with Crippen molar-refractivity contribution in [3.05, 3.63) is 94.5 Å². The van der Waals surface area contributed by atoms with Crippen LogP contribution in [0.5, 0.6) is 0 Å². The van der Waals surface area contributed by atoms with Gasteiger partial charge in [0.15, 0.2) is 0 Å². The van der Waals surface area contributed by atoms with Crippen LogP contribution in [0.25, 0.3) is 11.1 Å². The normalized spacial score (nSPS) is 21.5. The van der Waals surface area contributed by atoms with Crippen LogP contribution in [0.1, 0.15) is 95.8 Å². The summed E-state index contributed by atoms with van der Waals surface area (Å²) < 4.78 is 11.8. The number of esters is 1. The van der Waals surface area contributed by atoms with Crippen molar-refractivity contribution in [1.82, 2.24) is 25.6 Å². The molecule has 3 amide bonds. The molecule has 58 heavy (non-hydrogen) atoms. The van der Waals surface area contributed by atoms with Crippen molar-refractivity contribution in [2.24, 2.45) is 5.92 Å². The molecule has 3 aromatic rings. The van der Waals surface area contributed by atoms with Crippen LogP contribution >= 0.6 is 11.6 Å². The number of halogens is 1. The highest BCUT2D eigenvalue weighted by Gasteiger charge is 2.51. The monoisotopic (exact) mass is 811 g/mol. The number of nitrogens with zero attached hydrogens (tertiary/aromatic N) is 3. The van der Waals surface area contributed by atoms with Gasteiger partial charge in [-0.1, -0.05) is 105 Å². The summed E-state index contributed by atoms with van der Waals surface area (Å²) in [6.45, 7) is 10.7. The number of hydrogen-bond acceptors (Lipinski definition) is 8. The van der Waals surface area contributed by atoms with E-state index in [9.17, 15) is 19.2 Å². The van der Waals surface area contributed by atoms with Crippen LogP contribution in [0.3, 0.4) is 0 Å². The SMILES string of the molecule is CC(C)C(=O)N(C1CCCCC1)[C@H]1CCN(NC(=O)C(Cc2ccc(Cl)cc2)NC2CN(C(=O)OC(C)(C)C)[C@H]2C(=O)OCC2c3ccccc3-c3ccccc32)C1. The molecule has 3 fully saturated rings. The molecule has 4 aliphatic rings. The molecule has 0 aromatic heterocycles. The van der Waals surface area contributed by atoms with Crippen LogP contribution < -0.4 is 10.7 Å². The minimum atomic E-state index is -1.02. The number of rotatable bonds is 12. The van der Waals surface area contributed by atoms with Gasteiger partial charge in [0.25, 0.3) is 5.91 Å². The molecular weight excluding hydrogens is 754 g/mol. The van der Waals surface area contributed by atoms with Crippen LogP contribution in [0.4, 0.5) is 4.79 Å². The fourth-order valence-corrected chi connectivity index (χ4v) is 9.23. The fourth-order valence-electron chi connectivity index (χ4n) is 9.10. The summed E-state index contributed by atoms with van der Waals surface area (Å²) in [5, 5.41) is 5.97. The summed E-state index contributed by atoms with van der Waals surface area (Å²) >= 11 is 6.22. The van der Waals surface area contributed by atoms with Gasteiger partial charge in [-0.05, 0) is 86.4 Å². The lowest BCUT2D eigenvalue weighted by Crippen LogP contribution is -2.73. The zero-order valence-electron chi connectivity index (χ0n) is 34.4. The van der Waals surface area contributed by atoms with E-state index in [2.05, 4.69) is 39.9 Å². The maximum atomic E-state index is 14.3. The summed E-state index contributed by atoms with van der Waals surface area (Å²) in [5.41, 5.74) is 7.66. The molecule has 2 aliphatic heterocycles. The molecule has 3 aromatic carbocycles. The summed E-state index contributed by atoms with van der Waals surface area (Å²) in [6.07, 6.45) is 5.94. The first kappa shape index (κ1) is 41.7. The van der Waals surface area contributed by atoms with Gasteiger partial charge in [-0.15, -0.1) is 0 Å². The van der Waals surface area contributed by atoms with Crippen LogP contribution in [-0.4, -0.2) is 101 Å². The molecule has 4 atom stereocenters. The Labute approximate surface area is 347 Å². The lowest BCUT2D eigenvalue weighted by Gasteiger charge is -2.47. The van der Waals surface area contributed by atoms with Crippen LogP contribution in [0.2, 0.25) is 5.02 Å². The van der Waals surface area contributed by atoms with Gasteiger partial charge in [0, 0.05) is 48.6 Å². The van der Waals surface area contributed by atoms with Gasteiger partial charge in [-0.25, -0.2) is 14.6 Å². The predicted molar refractivity (Wildman–Crippen MR) is 224 cm³/mol. The third-order valence-corrected chi connectivity index (χ3v) is 12.2. The minimum Gasteiger partial charge on any atom is -0.463 e. The van der Waals surface area contributed by atoms with Crippen molar-refractivity contribution in [2.75, 3.05) is 26.2 Å². The highest BCUT2D eigenvalue weighted by molar-refractivity contribution is 6.30. The Morgan fingerprint density at radius 1 is 0.845 bits per heavy atom. The maximum Gasteiger partial charge on any atom is 0.411 e. The Kier molecular flexibility index (Phi) is 12.8. The fraction of sp³-hybridized carbons (Fsp3) is 0.522. The summed E-state index contributed by atoms with van der Waals surface area (Å²) in [5.74, 6) is -0.925. The maximum absolute atomic E-state index is 14.3. The number of carbonyl (C=O) groups is 4. The number of hydrazine groups is 1. The van der Waals surface area contributed by atoms with Gasteiger partial charge in [0.2, 0.25) is 5.91 Å². The van der Waals surface area contributed by atoms with Crippen LogP contribution in [-0.2, 0) is 30.3 Å². The molecule has 310 valence electrons. The molecule has 2 unspecified atom stereocenters. The van der Waals surface area contributed by atoms with Crippen molar-refractivity contribution in [3.63, 3.8) is 0 Å². The number of likely N-dealkylation sites (tertiary alicyclic amines) is 1. The first-order chi connectivity index (χ1) is 27.8. The third-order valence-electron chi connectivity index (χ3n) is 12.0. The van der Waals surface area contributed by atoms with Gasteiger partial charge in [0.05, 0.1) is 12.1 Å². The second-order valence-corrected chi connectivity index (χ2v) is 18.1. The van der Waals surface area contributed by atoms with E-state index in [0.29, 0.717) is 24.5 Å². The molecule has 7 rings (SSSR count). The number of hydrogen-bond donors (Lipinski definition) is 2. The summed E-state index contributed by atoms with van der Waals surface area (Å²) in [4.78, 5) is 59.1. The Morgan fingerprint density at radius 3 is 2.10 bits per heavy atom. The lowest BCUT2D eigenvalue weighted by molar-refractivity contribution is -0.157. The molecule has 2 aliphatic carbocycles. The van der Waals surface area contributed by atoms with Gasteiger partial charge >= 0.3 is 12.1 Å². The van der Waals surface area contributed by atoms with Gasteiger partial charge < -0.3 is 14.4 Å². The van der Waals surface area contributed by atoms with E-state index in [4.69, 9.17) is 21.1 Å². The Balaban J connectivity index is 1.08. The first-order valence-corrected chi connectivity index (χ1v) is 21.4. The summed E-state index contributed by atoms with van der Waals surface area (Å²) in [7, 11) is 0. The predicted octanol–water partition coefficient (Wildman–Crippen LogP) is 7.11. The van der Waals surface area contributed by atoms with E-state index >= 15 is 0 Å². The van der Waals surface area contributed by atoms with Crippen molar-refractivity contribution in [2.45, 2.75) is 121 Å². The number of fused-ring (bicyclic) bond motifs is 3. The van der Waals surface area contributed by atoms with E-state index in [1.54, 1.807) is 32.9 Å². The van der Waals surface area contributed by atoms with E-state index in [0.717, 1.165) is 59.9 Å². The molecule has 12 heteroatoms. The topological polar surface area (TPSA) is 121 Å². The molecule has 1 saturated carbocycles. The minimum absolute atomic E-state index is 0.00735. The van der Waals surface area contributed by atoms with E-state index in [1.807, 2.05) is 55.3 Å². The van der Waals surface area contributed by atoms with Crippen molar-refractivity contribution < 1.29 is 28.7 Å². The highest BCUT2D eigenvalue weighted by Crippen LogP contribution is 2.44. The van der Waals surface area contributed by atoms with Gasteiger partial charge in [-0.3, -0.25) is 25.2 Å². The Morgan fingerprint density at radius 2 is 1.48 bits per heavy atom. The Bertz CT molecular complexity index is 1910. The second kappa shape index (κ2) is 17.8. The number of carbonyl (C=O) groups excluding carboxylic acids is 4. The van der Waals surface area contributed by atoms with Crippen molar-refractivity contribution in [3.8, 4) is 11.1 Å². The second-order valence-electron chi connectivity index (χ2n) is 17.6. The molecule has 0 radical (unpaired) electrons. The number of nitrogens with one attached hydrogen (secondary N) is 2. The number of ether oxygens (including phenoxy) is 2. The van der Waals surface area contributed by atoms with Crippen molar-refractivity contribution in [1.29, 1.82) is 0 Å². The standard InChI is InChI=1S/C46H58ClN5O6/c1-29(2)43(54)52(32-13-7-6-8-14-32)33-23-24-50(26-33)49-42(53)39(25-30-19-21-31(47)22-20-30)48-40-27-51(45(56)58-46(3,4)5)41(40)44(55)57-28-38-36-17-11-9-15-34(36)35-16-10-12-18-37(35)38/h9-12,15-22,29,32-33,38-41,48H,6-8,13-14,23-28H2,1-5H3,(H,49,53)/t33-,39?,40?,41+/m0/s1. The largest absolute Gasteiger partial charge is 0.463 e. The van der Waals surface area contributed by atoms with E-state index < -0.39 is 35.8 Å². The molecule has 0 bridgehead atoms. The zero-order valence-corrected chi connectivity index (χ0v) is 35.2. The zero-order chi connectivity index (χ0) is 41.1. The molecule has 2 N–H and O–H groups in total. The number of amides is 3. The molecule has 11 nitrogen and oxygen atoms in total. The molecule has 0 spiro atoms. The molecule has 2 heterocycles. The van der Waals surface area contributed by atoms with Crippen LogP contribution in [0, 0.1) is 5.92 Å².